The molecule has 0 spiro atoms. The van der Waals surface area contributed by atoms with Crippen molar-refractivity contribution in [3.63, 3.8) is 0 Å². The summed E-state index contributed by atoms with van der Waals surface area (Å²) in [5, 5.41) is 11.7. The molecule has 0 saturated carbocycles. The minimum absolute atomic E-state index is 0.134. The maximum Gasteiger partial charge on any atom is 0.111 e. The van der Waals surface area contributed by atoms with Crippen LogP contribution in [0.15, 0.2) is 23.2 Å². The third-order valence-electron chi connectivity index (χ3n) is 2.03. The van der Waals surface area contributed by atoms with E-state index >= 15 is 0 Å². The maximum atomic E-state index is 11.7. The van der Waals surface area contributed by atoms with E-state index < -0.39 is 0 Å². The van der Waals surface area contributed by atoms with Gasteiger partial charge in [-0.05, 0) is 18.6 Å². The fourth-order valence-corrected chi connectivity index (χ4v) is 1.22. The molecule has 1 aromatic rings. The van der Waals surface area contributed by atoms with Gasteiger partial charge in [-0.3, -0.25) is 4.99 Å². The Kier molecular flexibility index (Phi) is 5.36. The number of ether oxygens (including phenoxy) is 2. The number of para-hydroxylation sites is 1. The smallest absolute Gasteiger partial charge is 0.111 e. The molecule has 0 N–H and O–H groups in total. The molecule has 0 aromatic heterocycles. The van der Waals surface area contributed by atoms with Crippen LogP contribution in [0.2, 0.25) is 0 Å². The highest BCUT2D eigenvalue weighted by Gasteiger charge is 1.96. The van der Waals surface area contributed by atoms with Crippen molar-refractivity contribution in [3.8, 4) is 11.5 Å². The predicted octanol–water partition coefficient (Wildman–Crippen LogP) is 1.22. The molecule has 0 radical (unpaired) electrons. The Morgan fingerprint density at radius 2 is 2.25 bits per heavy atom. The zero-order chi connectivity index (χ0) is 11.8. The Labute approximate surface area is 95.5 Å². The maximum absolute atomic E-state index is 11.7. The van der Waals surface area contributed by atoms with Crippen molar-refractivity contribution >= 4 is 6.21 Å². The highest BCUT2D eigenvalue weighted by atomic mass is 16.5. The SMILES string of the molecule is CCOCCN=Cc1cccc(OC)c1[O-]. The highest BCUT2D eigenvalue weighted by molar-refractivity contribution is 5.84. The molecule has 1 rings (SSSR count). The third kappa shape index (κ3) is 3.55. The monoisotopic (exact) mass is 222 g/mol. The molecule has 16 heavy (non-hydrogen) atoms. The van der Waals surface area contributed by atoms with Crippen molar-refractivity contribution in [2.24, 2.45) is 4.99 Å². The van der Waals surface area contributed by atoms with Crippen LogP contribution in [0.3, 0.4) is 0 Å². The number of methoxy groups -OCH3 is 1. The molecule has 0 amide bonds. The van der Waals surface area contributed by atoms with Crippen LogP contribution in [-0.4, -0.2) is 33.1 Å². The van der Waals surface area contributed by atoms with Gasteiger partial charge in [-0.2, -0.15) is 0 Å². The predicted molar refractivity (Wildman–Crippen MR) is 61.4 cm³/mol. The Balaban J connectivity index is 2.59. The van der Waals surface area contributed by atoms with Gasteiger partial charge in [-0.1, -0.05) is 17.9 Å². The first-order chi connectivity index (χ1) is 7.79. The van der Waals surface area contributed by atoms with Crippen LogP contribution in [0.4, 0.5) is 0 Å². The topological polar surface area (TPSA) is 53.9 Å². The minimum atomic E-state index is -0.134. The summed E-state index contributed by atoms with van der Waals surface area (Å²) in [4.78, 5) is 4.11. The van der Waals surface area contributed by atoms with E-state index in [4.69, 9.17) is 9.47 Å². The van der Waals surface area contributed by atoms with E-state index in [-0.39, 0.29) is 5.75 Å². The lowest BCUT2D eigenvalue weighted by Gasteiger charge is -2.14. The summed E-state index contributed by atoms with van der Waals surface area (Å²) in [5.74, 6) is 0.207. The molecule has 0 atom stereocenters. The van der Waals surface area contributed by atoms with Crippen LogP contribution in [0.1, 0.15) is 12.5 Å². The van der Waals surface area contributed by atoms with Crippen molar-refractivity contribution in [2.75, 3.05) is 26.9 Å². The Hall–Kier alpha value is -1.55. The number of rotatable bonds is 6. The van der Waals surface area contributed by atoms with Gasteiger partial charge in [0.1, 0.15) is 5.75 Å². The Morgan fingerprint density at radius 1 is 1.44 bits per heavy atom. The zero-order valence-electron chi connectivity index (χ0n) is 9.60. The van der Waals surface area contributed by atoms with Crippen molar-refractivity contribution in [1.82, 2.24) is 0 Å². The lowest BCUT2D eigenvalue weighted by Crippen LogP contribution is -2.01. The van der Waals surface area contributed by atoms with Gasteiger partial charge in [0.15, 0.2) is 0 Å². The quantitative estimate of drug-likeness (QED) is 0.537. The zero-order valence-corrected chi connectivity index (χ0v) is 9.60. The van der Waals surface area contributed by atoms with E-state index in [2.05, 4.69) is 4.99 Å². The third-order valence-corrected chi connectivity index (χ3v) is 2.03. The first kappa shape index (κ1) is 12.5. The number of hydrogen-bond acceptors (Lipinski definition) is 4. The summed E-state index contributed by atoms with van der Waals surface area (Å²) in [6.07, 6.45) is 1.56. The summed E-state index contributed by atoms with van der Waals surface area (Å²) < 4.78 is 10.1. The molecule has 0 heterocycles. The molecule has 0 fully saturated rings. The average molecular weight is 222 g/mol. The van der Waals surface area contributed by atoms with Gasteiger partial charge in [0, 0.05) is 12.8 Å². The van der Waals surface area contributed by atoms with Crippen LogP contribution in [0.25, 0.3) is 0 Å². The minimum Gasteiger partial charge on any atom is -0.870 e. The molecule has 88 valence electrons. The molecule has 0 aliphatic carbocycles. The molecule has 0 aliphatic rings. The number of nitrogens with zero attached hydrogens (tertiary/aromatic N) is 1. The van der Waals surface area contributed by atoms with Gasteiger partial charge in [0.2, 0.25) is 0 Å². The van der Waals surface area contributed by atoms with E-state index in [9.17, 15) is 5.11 Å². The lowest BCUT2D eigenvalue weighted by molar-refractivity contribution is -0.270. The van der Waals surface area contributed by atoms with Gasteiger partial charge in [0.05, 0.1) is 20.3 Å². The lowest BCUT2D eigenvalue weighted by atomic mass is 10.2. The summed E-state index contributed by atoms with van der Waals surface area (Å²) >= 11 is 0. The number of aliphatic imine (C=N–C) groups is 1. The second-order valence-electron chi connectivity index (χ2n) is 3.11. The van der Waals surface area contributed by atoms with Crippen molar-refractivity contribution in [3.05, 3.63) is 23.8 Å². The molecule has 4 heteroatoms. The van der Waals surface area contributed by atoms with Crippen LogP contribution < -0.4 is 9.84 Å². The van der Waals surface area contributed by atoms with E-state index in [0.717, 1.165) is 0 Å². The van der Waals surface area contributed by atoms with Gasteiger partial charge in [-0.25, -0.2) is 0 Å². The second-order valence-corrected chi connectivity index (χ2v) is 3.11. The first-order valence-electron chi connectivity index (χ1n) is 5.21. The fourth-order valence-electron chi connectivity index (χ4n) is 1.22. The normalized spacial score (nSPS) is 10.9. The summed E-state index contributed by atoms with van der Waals surface area (Å²) in [5.41, 5.74) is 0.538. The van der Waals surface area contributed by atoms with Gasteiger partial charge in [-0.15, -0.1) is 0 Å². The molecule has 0 unspecified atom stereocenters. The Bertz CT molecular complexity index is 350. The number of hydrogen-bond donors (Lipinski definition) is 0. The fraction of sp³-hybridized carbons (Fsp3) is 0.417. The standard InChI is InChI=1S/C12H17NO3/c1-3-16-8-7-13-9-10-5-4-6-11(15-2)12(10)14/h4-6,9,14H,3,7-8H2,1-2H3/p-1. The van der Waals surface area contributed by atoms with E-state index in [1.165, 1.54) is 7.11 Å². The van der Waals surface area contributed by atoms with Crippen LogP contribution in [0.5, 0.6) is 11.5 Å². The first-order valence-corrected chi connectivity index (χ1v) is 5.21. The molecule has 4 nitrogen and oxygen atoms in total. The Morgan fingerprint density at radius 3 is 2.94 bits per heavy atom. The number of benzene rings is 1. The summed E-state index contributed by atoms with van der Waals surface area (Å²) in [7, 11) is 1.48. The van der Waals surface area contributed by atoms with E-state index in [0.29, 0.717) is 31.1 Å². The van der Waals surface area contributed by atoms with Crippen LogP contribution in [0, 0.1) is 0 Å². The molecular weight excluding hydrogens is 206 g/mol. The molecular formula is C12H16NO3-. The van der Waals surface area contributed by atoms with E-state index in [1.807, 2.05) is 6.92 Å². The van der Waals surface area contributed by atoms with Gasteiger partial charge < -0.3 is 14.6 Å². The summed E-state index contributed by atoms with van der Waals surface area (Å²) in [6.45, 7) is 3.75. The van der Waals surface area contributed by atoms with Crippen molar-refractivity contribution in [2.45, 2.75) is 6.92 Å². The largest absolute Gasteiger partial charge is 0.870 e. The van der Waals surface area contributed by atoms with Crippen molar-refractivity contribution in [1.29, 1.82) is 0 Å². The second kappa shape index (κ2) is 6.85. The van der Waals surface area contributed by atoms with Gasteiger partial charge >= 0.3 is 0 Å². The van der Waals surface area contributed by atoms with Crippen LogP contribution in [-0.2, 0) is 4.74 Å². The average Bonchev–Trinajstić information content (AvgIpc) is 2.31. The van der Waals surface area contributed by atoms with Crippen molar-refractivity contribution < 1.29 is 14.6 Å². The van der Waals surface area contributed by atoms with E-state index in [1.54, 1.807) is 24.4 Å². The molecule has 0 saturated heterocycles. The molecule has 0 aliphatic heterocycles. The summed E-state index contributed by atoms with van der Waals surface area (Å²) in [6, 6.07) is 5.12. The molecule has 0 bridgehead atoms. The van der Waals surface area contributed by atoms with Gasteiger partial charge in [0.25, 0.3) is 0 Å². The molecule has 1 aromatic carbocycles. The highest BCUT2D eigenvalue weighted by Crippen LogP contribution is 2.24. The van der Waals surface area contributed by atoms with Crippen LogP contribution >= 0.6 is 0 Å².